The summed E-state index contributed by atoms with van der Waals surface area (Å²) in [7, 11) is 0. The predicted molar refractivity (Wildman–Crippen MR) is 116 cm³/mol. The van der Waals surface area contributed by atoms with Crippen molar-refractivity contribution in [2.24, 2.45) is 0 Å². The SMILES string of the molecule is CCCOc1ccccc1C(=O)NC1CCc2nn(Cc3cccnc3)c(=O)n2CC1. The van der Waals surface area contributed by atoms with E-state index in [0.717, 1.165) is 24.2 Å². The number of nitrogens with one attached hydrogen (secondary N) is 1. The fraction of sp³-hybridized carbons (Fsp3) is 0.391. The third-order valence-electron chi connectivity index (χ3n) is 5.40. The monoisotopic (exact) mass is 421 g/mol. The molecule has 1 unspecified atom stereocenters. The average molecular weight is 422 g/mol. The van der Waals surface area contributed by atoms with Gasteiger partial charge in [-0.25, -0.2) is 9.48 Å². The van der Waals surface area contributed by atoms with Crippen molar-refractivity contribution in [3.8, 4) is 5.75 Å². The Hall–Kier alpha value is -3.42. The minimum absolute atomic E-state index is 0.0281. The second-order valence-corrected chi connectivity index (χ2v) is 7.71. The molecule has 0 bridgehead atoms. The van der Waals surface area contributed by atoms with E-state index >= 15 is 0 Å². The van der Waals surface area contributed by atoms with E-state index in [0.29, 0.717) is 43.9 Å². The zero-order chi connectivity index (χ0) is 21.6. The predicted octanol–water partition coefficient (Wildman–Crippen LogP) is 2.41. The minimum Gasteiger partial charge on any atom is -0.493 e. The van der Waals surface area contributed by atoms with Gasteiger partial charge in [0.1, 0.15) is 11.6 Å². The molecule has 0 spiro atoms. The van der Waals surface area contributed by atoms with Gasteiger partial charge < -0.3 is 10.1 Å². The third-order valence-corrected chi connectivity index (χ3v) is 5.40. The van der Waals surface area contributed by atoms with Gasteiger partial charge in [0.15, 0.2) is 0 Å². The van der Waals surface area contributed by atoms with Gasteiger partial charge in [0.25, 0.3) is 5.91 Å². The lowest BCUT2D eigenvalue weighted by molar-refractivity contribution is 0.0928. The molecular formula is C23H27N5O3. The van der Waals surface area contributed by atoms with Crippen molar-refractivity contribution in [2.45, 2.75) is 51.7 Å². The summed E-state index contributed by atoms with van der Waals surface area (Å²) < 4.78 is 8.93. The van der Waals surface area contributed by atoms with Gasteiger partial charge >= 0.3 is 5.69 Å². The number of aromatic nitrogens is 4. The molecule has 31 heavy (non-hydrogen) atoms. The van der Waals surface area contributed by atoms with Crippen LogP contribution in [0.15, 0.2) is 53.6 Å². The molecule has 0 saturated carbocycles. The highest BCUT2D eigenvalue weighted by atomic mass is 16.5. The van der Waals surface area contributed by atoms with Gasteiger partial charge in [-0.05, 0) is 43.0 Å². The number of fused-ring (bicyclic) bond motifs is 1. The lowest BCUT2D eigenvalue weighted by Gasteiger charge is -2.17. The molecule has 0 radical (unpaired) electrons. The van der Waals surface area contributed by atoms with Crippen molar-refractivity contribution in [1.29, 1.82) is 0 Å². The van der Waals surface area contributed by atoms with Crippen molar-refractivity contribution in [3.63, 3.8) is 0 Å². The largest absolute Gasteiger partial charge is 0.493 e. The van der Waals surface area contributed by atoms with E-state index < -0.39 is 0 Å². The Morgan fingerprint density at radius 2 is 2.10 bits per heavy atom. The molecule has 8 heteroatoms. The quantitative estimate of drug-likeness (QED) is 0.633. The molecule has 1 aliphatic rings. The Morgan fingerprint density at radius 1 is 1.23 bits per heavy atom. The molecule has 1 amide bonds. The number of para-hydroxylation sites is 1. The first-order valence-electron chi connectivity index (χ1n) is 10.7. The Bertz CT molecular complexity index is 1090. The van der Waals surface area contributed by atoms with Crippen LogP contribution >= 0.6 is 0 Å². The summed E-state index contributed by atoms with van der Waals surface area (Å²) in [5.41, 5.74) is 1.35. The van der Waals surface area contributed by atoms with Crippen LogP contribution in [0.1, 0.15) is 47.9 Å². The molecule has 0 saturated heterocycles. The van der Waals surface area contributed by atoms with Crippen LogP contribution < -0.4 is 15.7 Å². The number of hydrogen-bond donors (Lipinski definition) is 1. The smallest absolute Gasteiger partial charge is 0.346 e. The van der Waals surface area contributed by atoms with Gasteiger partial charge in [0, 0.05) is 31.4 Å². The first-order valence-corrected chi connectivity index (χ1v) is 10.7. The zero-order valence-corrected chi connectivity index (χ0v) is 17.7. The number of nitrogens with zero attached hydrogens (tertiary/aromatic N) is 4. The highest BCUT2D eigenvalue weighted by molar-refractivity contribution is 5.97. The van der Waals surface area contributed by atoms with Crippen molar-refractivity contribution in [3.05, 3.63) is 76.2 Å². The highest BCUT2D eigenvalue weighted by Crippen LogP contribution is 2.19. The van der Waals surface area contributed by atoms with Crippen LogP contribution in [0.25, 0.3) is 0 Å². The highest BCUT2D eigenvalue weighted by Gasteiger charge is 2.23. The molecule has 0 aliphatic carbocycles. The van der Waals surface area contributed by atoms with Gasteiger partial charge in [0.05, 0.1) is 18.7 Å². The number of carbonyl (C=O) groups is 1. The summed E-state index contributed by atoms with van der Waals surface area (Å²) in [4.78, 5) is 29.8. The maximum Gasteiger partial charge on any atom is 0.346 e. The summed E-state index contributed by atoms with van der Waals surface area (Å²) in [5.74, 6) is 1.21. The van der Waals surface area contributed by atoms with Crippen molar-refractivity contribution < 1.29 is 9.53 Å². The summed E-state index contributed by atoms with van der Waals surface area (Å²) in [6, 6.07) is 11.0. The van der Waals surface area contributed by atoms with E-state index in [2.05, 4.69) is 15.4 Å². The van der Waals surface area contributed by atoms with E-state index in [4.69, 9.17) is 4.74 Å². The first-order chi connectivity index (χ1) is 15.2. The lowest BCUT2D eigenvalue weighted by Crippen LogP contribution is -2.36. The minimum atomic E-state index is -0.148. The van der Waals surface area contributed by atoms with Crippen molar-refractivity contribution in [1.82, 2.24) is 24.6 Å². The Kier molecular flexibility index (Phi) is 6.45. The molecule has 8 nitrogen and oxygen atoms in total. The molecule has 4 rings (SSSR count). The Morgan fingerprint density at radius 3 is 2.90 bits per heavy atom. The number of hydrogen-bond acceptors (Lipinski definition) is 5. The summed E-state index contributed by atoms with van der Waals surface area (Å²) >= 11 is 0. The number of carbonyl (C=O) groups excluding carboxylic acids is 1. The van der Waals surface area contributed by atoms with Gasteiger partial charge in [-0.2, -0.15) is 5.10 Å². The first kappa shape index (κ1) is 20.8. The fourth-order valence-corrected chi connectivity index (χ4v) is 3.80. The molecular weight excluding hydrogens is 394 g/mol. The second kappa shape index (κ2) is 9.59. The van der Waals surface area contributed by atoms with Crippen LogP contribution in [-0.4, -0.2) is 37.9 Å². The number of aryl methyl sites for hydroxylation is 1. The summed E-state index contributed by atoms with van der Waals surface area (Å²) in [6.45, 7) is 3.53. The topological polar surface area (TPSA) is 91.0 Å². The van der Waals surface area contributed by atoms with Gasteiger partial charge in [-0.15, -0.1) is 0 Å². The van der Waals surface area contributed by atoms with E-state index in [1.807, 2.05) is 37.3 Å². The van der Waals surface area contributed by atoms with Crippen LogP contribution in [0.5, 0.6) is 5.75 Å². The van der Waals surface area contributed by atoms with Crippen LogP contribution in [-0.2, 0) is 19.5 Å². The van der Waals surface area contributed by atoms with Crippen molar-refractivity contribution in [2.75, 3.05) is 6.61 Å². The average Bonchev–Trinajstić information content (AvgIpc) is 2.95. The second-order valence-electron chi connectivity index (χ2n) is 7.71. The molecule has 1 aromatic carbocycles. The fourth-order valence-electron chi connectivity index (χ4n) is 3.80. The number of amides is 1. The number of ether oxygens (including phenoxy) is 1. The summed E-state index contributed by atoms with van der Waals surface area (Å²) in [6.07, 6.45) is 6.36. The summed E-state index contributed by atoms with van der Waals surface area (Å²) in [5, 5.41) is 7.65. The molecule has 3 heterocycles. The maximum atomic E-state index is 12.9. The molecule has 0 fully saturated rings. The molecule has 2 aromatic heterocycles. The standard InChI is InChI=1S/C23H27N5O3/c1-2-14-31-20-8-4-3-7-19(20)22(29)25-18-9-10-21-26-28(23(30)27(21)13-11-18)16-17-6-5-12-24-15-17/h3-8,12,15,18H,2,9-11,13-14,16H2,1H3,(H,25,29). The van der Waals surface area contributed by atoms with Gasteiger partial charge in [-0.1, -0.05) is 25.1 Å². The van der Waals surface area contributed by atoms with E-state index in [1.165, 1.54) is 4.68 Å². The lowest BCUT2D eigenvalue weighted by atomic mass is 10.1. The third kappa shape index (κ3) is 4.84. The normalized spacial score (nSPS) is 15.7. The van der Waals surface area contributed by atoms with Crippen molar-refractivity contribution >= 4 is 5.91 Å². The molecule has 1 atom stereocenters. The molecule has 1 N–H and O–H groups in total. The van der Waals surface area contributed by atoms with E-state index in [1.54, 1.807) is 23.0 Å². The number of benzene rings is 1. The van der Waals surface area contributed by atoms with Crippen LogP contribution in [0, 0.1) is 0 Å². The van der Waals surface area contributed by atoms with Crippen LogP contribution in [0.3, 0.4) is 0 Å². The van der Waals surface area contributed by atoms with E-state index in [-0.39, 0.29) is 17.6 Å². The van der Waals surface area contributed by atoms with Crippen LogP contribution in [0.2, 0.25) is 0 Å². The number of pyridine rings is 1. The Labute approximate surface area is 180 Å². The number of rotatable bonds is 7. The maximum absolute atomic E-state index is 12.9. The molecule has 3 aromatic rings. The van der Waals surface area contributed by atoms with Crippen LogP contribution in [0.4, 0.5) is 0 Å². The molecule has 162 valence electrons. The molecule has 1 aliphatic heterocycles. The Balaban J connectivity index is 1.41. The zero-order valence-electron chi connectivity index (χ0n) is 17.7. The van der Waals surface area contributed by atoms with Gasteiger partial charge in [-0.3, -0.25) is 14.3 Å². The van der Waals surface area contributed by atoms with E-state index in [9.17, 15) is 9.59 Å². The van der Waals surface area contributed by atoms with Gasteiger partial charge in [0.2, 0.25) is 0 Å².